The van der Waals surface area contributed by atoms with Gasteiger partial charge < -0.3 is 4.98 Å². The molecule has 0 fully saturated rings. The van der Waals surface area contributed by atoms with E-state index >= 15 is 0 Å². The maximum Gasteiger partial charge on any atom is 0.0459 e. The molecule has 0 aliphatic heterocycles. The Hall–Kier alpha value is -1.24. The van der Waals surface area contributed by atoms with Crippen LogP contribution < -0.4 is 0 Å². The Morgan fingerprint density at radius 1 is 1.12 bits per heavy atom. The van der Waals surface area contributed by atoms with Crippen LogP contribution in [0, 0.1) is 0 Å². The molecular formula is C16H23N. The van der Waals surface area contributed by atoms with Crippen LogP contribution in [0.1, 0.15) is 50.4 Å². The fourth-order valence-corrected chi connectivity index (χ4v) is 2.67. The van der Waals surface area contributed by atoms with Gasteiger partial charge in [-0.25, -0.2) is 0 Å². The lowest BCUT2D eigenvalue weighted by Crippen LogP contribution is -1.99. The first kappa shape index (κ1) is 12.2. The molecule has 1 heteroatoms. The van der Waals surface area contributed by atoms with Crippen molar-refractivity contribution in [2.75, 3.05) is 0 Å². The summed E-state index contributed by atoms with van der Waals surface area (Å²) in [7, 11) is 0. The van der Waals surface area contributed by atoms with E-state index < -0.39 is 0 Å². The zero-order chi connectivity index (χ0) is 12.3. The fourth-order valence-electron chi connectivity index (χ4n) is 2.67. The highest BCUT2D eigenvalue weighted by atomic mass is 14.7. The molecule has 2 aromatic rings. The van der Waals surface area contributed by atoms with Crippen molar-refractivity contribution in [1.82, 2.24) is 4.98 Å². The van der Waals surface area contributed by atoms with Crippen molar-refractivity contribution in [1.29, 1.82) is 0 Å². The van der Waals surface area contributed by atoms with Gasteiger partial charge in [0.2, 0.25) is 0 Å². The fraction of sp³-hybridized carbons (Fsp3) is 0.500. The summed E-state index contributed by atoms with van der Waals surface area (Å²) in [5.74, 6) is 0. The lowest BCUT2D eigenvalue weighted by Gasteiger charge is -2.10. The minimum Gasteiger partial charge on any atom is -0.358 e. The van der Waals surface area contributed by atoms with Crippen molar-refractivity contribution < 1.29 is 0 Å². The maximum absolute atomic E-state index is 3.57. The minimum atomic E-state index is 1.13. The van der Waals surface area contributed by atoms with Crippen LogP contribution in [0.4, 0.5) is 0 Å². The number of nitrogens with one attached hydrogen (secondary N) is 1. The summed E-state index contributed by atoms with van der Waals surface area (Å²) in [5, 5.41) is 1.48. The van der Waals surface area contributed by atoms with Crippen molar-refractivity contribution >= 4 is 10.9 Å². The number of aromatic amines is 1. The van der Waals surface area contributed by atoms with Crippen LogP contribution in [-0.4, -0.2) is 4.98 Å². The van der Waals surface area contributed by atoms with Crippen LogP contribution in [0.3, 0.4) is 0 Å². The highest BCUT2D eigenvalue weighted by Gasteiger charge is 2.14. The minimum absolute atomic E-state index is 1.13. The maximum atomic E-state index is 3.57. The van der Waals surface area contributed by atoms with Gasteiger partial charge in [-0.2, -0.15) is 0 Å². The van der Waals surface area contributed by atoms with Crippen molar-refractivity contribution in [3.63, 3.8) is 0 Å². The monoisotopic (exact) mass is 229 g/mol. The lowest BCUT2D eigenvalue weighted by atomic mass is 9.95. The van der Waals surface area contributed by atoms with Crippen LogP contribution >= 0.6 is 0 Å². The summed E-state index contributed by atoms with van der Waals surface area (Å²) in [4.78, 5) is 3.57. The summed E-state index contributed by atoms with van der Waals surface area (Å²) < 4.78 is 0. The van der Waals surface area contributed by atoms with E-state index in [0.717, 1.165) is 6.42 Å². The van der Waals surface area contributed by atoms with E-state index in [-0.39, 0.29) is 0 Å². The number of rotatable bonds is 1. The SMILES string of the molecule is CC.CCc1ccc2[nH]c3c(c2c1)CCCC3. The summed E-state index contributed by atoms with van der Waals surface area (Å²) in [6, 6.07) is 6.85. The third kappa shape index (κ3) is 2.24. The second kappa shape index (κ2) is 5.39. The first-order valence-electron chi connectivity index (χ1n) is 7.01. The Labute approximate surface area is 104 Å². The second-order valence-electron chi connectivity index (χ2n) is 4.52. The molecule has 0 saturated carbocycles. The summed E-state index contributed by atoms with van der Waals surface area (Å²) in [6.45, 7) is 6.22. The third-order valence-corrected chi connectivity index (χ3v) is 3.57. The van der Waals surface area contributed by atoms with Gasteiger partial charge >= 0.3 is 0 Å². The molecule has 1 N–H and O–H groups in total. The summed E-state index contributed by atoms with van der Waals surface area (Å²) in [5.41, 5.74) is 5.87. The van der Waals surface area contributed by atoms with Gasteiger partial charge in [-0.05, 0) is 55.4 Å². The Bertz CT molecular complexity index is 493. The molecule has 0 amide bonds. The predicted octanol–water partition coefficient (Wildman–Crippen LogP) is 4.64. The van der Waals surface area contributed by atoms with E-state index in [1.807, 2.05) is 13.8 Å². The molecule has 0 radical (unpaired) electrons. The number of hydrogen-bond acceptors (Lipinski definition) is 0. The molecule has 1 aliphatic rings. The first-order chi connectivity index (χ1) is 8.38. The standard InChI is InChI=1S/C14H17N.C2H6/c1-2-10-7-8-14-12(9-10)11-5-3-4-6-13(11)15-14;1-2/h7-9,15H,2-6H2,1H3;1-2H3. The highest BCUT2D eigenvalue weighted by Crippen LogP contribution is 2.29. The van der Waals surface area contributed by atoms with Crippen LogP contribution in [0.5, 0.6) is 0 Å². The number of hydrogen-bond donors (Lipinski definition) is 1. The van der Waals surface area contributed by atoms with Gasteiger partial charge in [0.05, 0.1) is 0 Å². The van der Waals surface area contributed by atoms with Crippen molar-refractivity contribution in [2.45, 2.75) is 52.9 Å². The molecule has 1 nitrogen and oxygen atoms in total. The molecule has 0 bridgehead atoms. The van der Waals surface area contributed by atoms with Gasteiger partial charge in [0.1, 0.15) is 0 Å². The van der Waals surface area contributed by atoms with Crippen LogP contribution in [0.2, 0.25) is 0 Å². The lowest BCUT2D eigenvalue weighted by molar-refractivity contribution is 0.680. The van der Waals surface area contributed by atoms with Crippen LogP contribution in [0.15, 0.2) is 18.2 Å². The molecule has 1 aromatic heterocycles. The van der Waals surface area contributed by atoms with E-state index in [4.69, 9.17) is 0 Å². The van der Waals surface area contributed by atoms with Gasteiger partial charge in [0.15, 0.2) is 0 Å². The van der Waals surface area contributed by atoms with E-state index in [1.54, 1.807) is 5.56 Å². The first-order valence-corrected chi connectivity index (χ1v) is 7.01. The Kier molecular flexibility index (Phi) is 3.88. The summed E-state index contributed by atoms with van der Waals surface area (Å²) >= 11 is 0. The van der Waals surface area contributed by atoms with E-state index in [1.165, 1.54) is 47.8 Å². The van der Waals surface area contributed by atoms with Crippen molar-refractivity contribution in [2.24, 2.45) is 0 Å². The average molecular weight is 229 g/mol. The van der Waals surface area contributed by atoms with E-state index in [2.05, 4.69) is 30.1 Å². The topological polar surface area (TPSA) is 15.8 Å². The number of H-pyrrole nitrogens is 1. The molecule has 0 spiro atoms. The molecule has 17 heavy (non-hydrogen) atoms. The van der Waals surface area contributed by atoms with Gasteiger partial charge in [0, 0.05) is 16.6 Å². The number of aryl methyl sites for hydroxylation is 3. The largest absolute Gasteiger partial charge is 0.358 e. The molecular weight excluding hydrogens is 206 g/mol. The number of fused-ring (bicyclic) bond motifs is 3. The van der Waals surface area contributed by atoms with Gasteiger partial charge in [-0.1, -0.05) is 26.8 Å². The average Bonchev–Trinajstić information content (AvgIpc) is 2.78. The van der Waals surface area contributed by atoms with Crippen molar-refractivity contribution in [3.05, 3.63) is 35.0 Å². The van der Waals surface area contributed by atoms with Crippen LogP contribution in [0.25, 0.3) is 10.9 Å². The zero-order valence-electron chi connectivity index (χ0n) is 11.3. The normalized spacial score (nSPS) is 14.1. The number of benzene rings is 1. The third-order valence-electron chi connectivity index (χ3n) is 3.57. The molecule has 0 atom stereocenters. The number of aromatic nitrogens is 1. The molecule has 1 aliphatic carbocycles. The molecule has 0 saturated heterocycles. The molecule has 1 heterocycles. The molecule has 92 valence electrons. The summed E-state index contributed by atoms with van der Waals surface area (Å²) in [6.07, 6.45) is 6.35. The quantitative estimate of drug-likeness (QED) is 0.733. The van der Waals surface area contributed by atoms with Crippen molar-refractivity contribution in [3.8, 4) is 0 Å². The Morgan fingerprint density at radius 3 is 2.65 bits per heavy atom. The van der Waals surface area contributed by atoms with Gasteiger partial charge in [0.25, 0.3) is 0 Å². The van der Waals surface area contributed by atoms with Crippen LogP contribution in [-0.2, 0) is 19.3 Å². The smallest absolute Gasteiger partial charge is 0.0459 e. The highest BCUT2D eigenvalue weighted by molar-refractivity contribution is 5.85. The Balaban J connectivity index is 0.000000514. The van der Waals surface area contributed by atoms with E-state index in [0.29, 0.717) is 0 Å². The molecule has 3 rings (SSSR count). The van der Waals surface area contributed by atoms with Gasteiger partial charge in [-0.3, -0.25) is 0 Å². The molecule has 0 unspecified atom stereocenters. The van der Waals surface area contributed by atoms with E-state index in [9.17, 15) is 0 Å². The Morgan fingerprint density at radius 2 is 1.88 bits per heavy atom. The second-order valence-corrected chi connectivity index (χ2v) is 4.52. The zero-order valence-corrected chi connectivity index (χ0v) is 11.3. The molecule has 1 aromatic carbocycles. The van der Waals surface area contributed by atoms with Gasteiger partial charge in [-0.15, -0.1) is 0 Å². The predicted molar refractivity (Wildman–Crippen MR) is 75.7 cm³/mol.